The topological polar surface area (TPSA) is 39.1 Å². The number of aromatic nitrogens is 2. The fourth-order valence-electron chi connectivity index (χ4n) is 7.00. The molecule has 0 atom stereocenters. The molecule has 0 radical (unpaired) electrons. The number of benzene rings is 1. The van der Waals surface area contributed by atoms with E-state index >= 15 is 0 Å². The molecule has 4 bridgehead atoms. The Labute approximate surface area is 165 Å². The molecular formula is C22H26ClN3O. The van der Waals surface area contributed by atoms with Crippen molar-refractivity contribution in [1.29, 1.82) is 0 Å². The lowest BCUT2D eigenvalue weighted by atomic mass is 9.48. The van der Waals surface area contributed by atoms with Gasteiger partial charge in [0.2, 0.25) is 0 Å². The molecule has 5 heteroatoms. The Hall–Kier alpha value is -1.68. The van der Waals surface area contributed by atoms with Crippen LogP contribution in [0, 0.1) is 17.8 Å². The summed E-state index contributed by atoms with van der Waals surface area (Å²) in [7, 11) is 1.71. The van der Waals surface area contributed by atoms with Crippen LogP contribution in [0.15, 0.2) is 18.2 Å². The maximum absolute atomic E-state index is 6.32. The lowest BCUT2D eigenvalue weighted by molar-refractivity contribution is -0.00770. The van der Waals surface area contributed by atoms with Gasteiger partial charge >= 0.3 is 0 Å². The quantitative estimate of drug-likeness (QED) is 0.813. The Balaban J connectivity index is 1.51. The van der Waals surface area contributed by atoms with E-state index in [0.29, 0.717) is 10.4 Å². The number of ether oxygens (including phenoxy) is 1. The summed E-state index contributed by atoms with van der Waals surface area (Å²) >= 11 is 6.32. The average Bonchev–Trinajstić information content (AvgIpc) is 3.23. The van der Waals surface area contributed by atoms with Gasteiger partial charge in [0.25, 0.3) is 0 Å². The zero-order chi connectivity index (χ0) is 18.2. The van der Waals surface area contributed by atoms with Crippen molar-refractivity contribution in [3.8, 4) is 11.4 Å². The molecule has 27 heavy (non-hydrogen) atoms. The lowest BCUT2D eigenvalue weighted by Gasteiger charge is -2.56. The Bertz CT molecular complexity index is 883. The zero-order valence-corrected chi connectivity index (χ0v) is 16.6. The van der Waals surface area contributed by atoms with E-state index in [1.165, 1.54) is 49.8 Å². The summed E-state index contributed by atoms with van der Waals surface area (Å²) in [6.45, 7) is 0.995. The third-order valence-corrected chi connectivity index (χ3v) is 7.80. The number of nitrogens with one attached hydrogen (secondary N) is 1. The Morgan fingerprint density at radius 2 is 1.85 bits per heavy atom. The number of anilines is 1. The van der Waals surface area contributed by atoms with Crippen LogP contribution in [0.2, 0.25) is 5.02 Å². The highest BCUT2D eigenvalue weighted by Gasteiger charge is 2.54. The van der Waals surface area contributed by atoms with Crippen molar-refractivity contribution >= 4 is 17.4 Å². The maximum Gasteiger partial charge on any atom is 0.144 e. The predicted octanol–water partition coefficient (Wildman–Crippen LogP) is 4.97. The molecule has 1 aromatic heterocycles. The number of methoxy groups -OCH3 is 1. The second-order valence-electron chi connectivity index (χ2n) is 9.28. The molecule has 7 rings (SSSR count). The normalized spacial score (nSPS) is 33.2. The van der Waals surface area contributed by atoms with Crippen molar-refractivity contribution in [2.24, 2.45) is 17.8 Å². The van der Waals surface area contributed by atoms with Crippen LogP contribution >= 0.6 is 11.6 Å². The average molecular weight is 384 g/mol. The van der Waals surface area contributed by atoms with Crippen LogP contribution in [-0.4, -0.2) is 23.4 Å². The Kier molecular flexibility index (Phi) is 3.42. The fraction of sp³-hybridized carbons (Fsp3) is 0.591. The molecule has 2 heterocycles. The predicted molar refractivity (Wildman–Crippen MR) is 107 cm³/mol. The number of nitrogens with zero attached hydrogens (tertiary/aromatic N) is 2. The van der Waals surface area contributed by atoms with Gasteiger partial charge in [0.15, 0.2) is 0 Å². The van der Waals surface area contributed by atoms with Crippen LogP contribution in [0.1, 0.15) is 49.8 Å². The summed E-state index contributed by atoms with van der Waals surface area (Å²) in [6.07, 6.45) is 9.49. The third kappa shape index (κ3) is 2.32. The third-order valence-electron chi connectivity index (χ3n) is 7.56. The second kappa shape index (κ2) is 5.66. The highest BCUT2D eigenvalue weighted by Crippen LogP contribution is 2.61. The number of hydrogen-bond donors (Lipinski definition) is 1. The van der Waals surface area contributed by atoms with E-state index in [1.54, 1.807) is 7.11 Å². The molecule has 142 valence electrons. The van der Waals surface area contributed by atoms with Gasteiger partial charge in [-0.15, -0.1) is 0 Å². The summed E-state index contributed by atoms with van der Waals surface area (Å²) in [5, 5.41) is 9.56. The van der Waals surface area contributed by atoms with E-state index in [-0.39, 0.29) is 0 Å². The molecule has 5 aliphatic rings. The highest BCUT2D eigenvalue weighted by molar-refractivity contribution is 6.30. The van der Waals surface area contributed by atoms with Crippen molar-refractivity contribution in [1.82, 2.24) is 9.78 Å². The molecular weight excluding hydrogens is 358 g/mol. The summed E-state index contributed by atoms with van der Waals surface area (Å²) in [5.41, 5.74) is 4.07. The van der Waals surface area contributed by atoms with Gasteiger partial charge in [-0.3, -0.25) is 0 Å². The Morgan fingerprint density at radius 1 is 1.15 bits per heavy atom. The summed E-state index contributed by atoms with van der Waals surface area (Å²) < 4.78 is 7.70. The van der Waals surface area contributed by atoms with Gasteiger partial charge in [-0.1, -0.05) is 11.6 Å². The number of rotatable bonds is 3. The first-order chi connectivity index (χ1) is 13.1. The fourth-order valence-corrected chi connectivity index (χ4v) is 7.17. The largest absolute Gasteiger partial charge is 0.494 e. The molecule has 1 aromatic carbocycles. The maximum atomic E-state index is 6.32. The van der Waals surface area contributed by atoms with E-state index in [1.807, 2.05) is 18.2 Å². The van der Waals surface area contributed by atoms with Gasteiger partial charge in [-0.2, -0.15) is 5.10 Å². The van der Waals surface area contributed by atoms with E-state index in [9.17, 15) is 0 Å². The number of hydrogen-bond acceptors (Lipinski definition) is 3. The van der Waals surface area contributed by atoms with Crippen molar-refractivity contribution in [2.45, 2.75) is 50.4 Å². The van der Waals surface area contributed by atoms with Gasteiger partial charge in [0.1, 0.15) is 17.3 Å². The zero-order valence-electron chi connectivity index (χ0n) is 15.8. The molecule has 4 fully saturated rings. The van der Waals surface area contributed by atoms with E-state index in [4.69, 9.17) is 21.4 Å². The summed E-state index contributed by atoms with van der Waals surface area (Å²) in [4.78, 5) is 0. The SMILES string of the molecule is COc1ccc(Cl)cc1-n1nc(C23CC4CC(CC(C4)C2)C3)c2c1NCC2. The van der Waals surface area contributed by atoms with Crippen molar-refractivity contribution in [2.75, 3.05) is 19.0 Å². The highest BCUT2D eigenvalue weighted by atomic mass is 35.5. The molecule has 0 amide bonds. The van der Waals surface area contributed by atoms with Crippen LogP contribution in [0.25, 0.3) is 5.69 Å². The molecule has 2 aromatic rings. The molecule has 0 saturated heterocycles. The minimum Gasteiger partial charge on any atom is -0.494 e. The van der Waals surface area contributed by atoms with Gasteiger partial charge in [-0.05, 0) is 80.9 Å². The minimum atomic E-state index is 0.307. The standard InChI is InChI=1S/C22H26ClN3O/c1-27-19-3-2-16(23)9-18(19)26-21-17(4-5-24-21)20(25-26)22-10-13-6-14(11-22)8-15(7-13)12-22/h2-3,9,13-15,24H,4-8,10-12H2,1H3. The second-order valence-corrected chi connectivity index (χ2v) is 9.71. The molecule has 4 aliphatic carbocycles. The van der Waals surface area contributed by atoms with Crippen LogP contribution in [0.4, 0.5) is 5.82 Å². The molecule has 4 saturated carbocycles. The lowest BCUT2D eigenvalue weighted by Crippen LogP contribution is -2.49. The molecule has 1 N–H and O–H groups in total. The van der Waals surface area contributed by atoms with Gasteiger partial charge in [0.05, 0.1) is 12.8 Å². The van der Waals surface area contributed by atoms with Crippen LogP contribution in [0.3, 0.4) is 0 Å². The smallest absolute Gasteiger partial charge is 0.144 e. The monoisotopic (exact) mass is 383 g/mol. The summed E-state index contributed by atoms with van der Waals surface area (Å²) in [6, 6.07) is 5.78. The summed E-state index contributed by atoms with van der Waals surface area (Å²) in [5.74, 6) is 4.74. The van der Waals surface area contributed by atoms with Gasteiger partial charge < -0.3 is 10.1 Å². The van der Waals surface area contributed by atoms with Crippen molar-refractivity contribution in [3.63, 3.8) is 0 Å². The molecule has 1 aliphatic heterocycles. The van der Waals surface area contributed by atoms with E-state index < -0.39 is 0 Å². The minimum absolute atomic E-state index is 0.307. The first-order valence-electron chi connectivity index (χ1n) is 10.4. The van der Waals surface area contributed by atoms with Crippen molar-refractivity contribution < 1.29 is 4.74 Å². The van der Waals surface area contributed by atoms with Gasteiger partial charge in [0, 0.05) is 22.5 Å². The van der Waals surface area contributed by atoms with Crippen LogP contribution < -0.4 is 10.1 Å². The van der Waals surface area contributed by atoms with E-state index in [0.717, 1.165) is 48.0 Å². The first kappa shape index (κ1) is 16.3. The first-order valence-corrected chi connectivity index (χ1v) is 10.7. The van der Waals surface area contributed by atoms with Crippen LogP contribution in [-0.2, 0) is 11.8 Å². The number of fused-ring (bicyclic) bond motifs is 1. The molecule has 4 nitrogen and oxygen atoms in total. The molecule has 0 unspecified atom stereocenters. The van der Waals surface area contributed by atoms with Crippen LogP contribution in [0.5, 0.6) is 5.75 Å². The number of halogens is 1. The van der Waals surface area contributed by atoms with Crippen molar-refractivity contribution in [3.05, 3.63) is 34.5 Å². The Morgan fingerprint density at radius 3 is 2.52 bits per heavy atom. The molecule has 0 spiro atoms. The van der Waals surface area contributed by atoms with E-state index in [2.05, 4.69) is 10.00 Å². The van der Waals surface area contributed by atoms with Gasteiger partial charge in [-0.25, -0.2) is 4.68 Å².